The minimum atomic E-state index is -0.626. The fourth-order valence-electron chi connectivity index (χ4n) is 3.63. The van der Waals surface area contributed by atoms with E-state index in [-0.39, 0.29) is 23.9 Å². The first-order valence-corrected chi connectivity index (χ1v) is 7.27. The molecule has 2 heterocycles. The molecular weight excluding hydrogens is 244 g/mol. The van der Waals surface area contributed by atoms with Crippen LogP contribution < -0.4 is 5.32 Å². The van der Waals surface area contributed by atoms with Crippen molar-refractivity contribution in [3.05, 3.63) is 0 Å². The van der Waals surface area contributed by atoms with Crippen molar-refractivity contribution in [2.45, 2.75) is 56.5 Å². The van der Waals surface area contributed by atoms with Crippen LogP contribution in [0.25, 0.3) is 0 Å². The van der Waals surface area contributed by atoms with Crippen molar-refractivity contribution in [1.29, 1.82) is 0 Å². The first-order chi connectivity index (χ1) is 9.06. The first-order valence-electron chi connectivity index (χ1n) is 7.27. The highest BCUT2D eigenvalue weighted by Gasteiger charge is 2.52. The Morgan fingerprint density at radius 3 is 2.53 bits per heavy atom. The van der Waals surface area contributed by atoms with Gasteiger partial charge in [-0.25, -0.2) is 0 Å². The van der Waals surface area contributed by atoms with E-state index >= 15 is 0 Å². The molecule has 1 aliphatic carbocycles. The fraction of sp³-hybridized carbons (Fsp3) is 0.857. The third-order valence-electron chi connectivity index (χ3n) is 4.89. The Hall–Kier alpha value is -1.10. The number of piperazine rings is 1. The van der Waals surface area contributed by atoms with Crippen LogP contribution in [0.3, 0.4) is 0 Å². The monoisotopic (exact) mass is 266 g/mol. The second kappa shape index (κ2) is 4.47. The highest BCUT2D eigenvalue weighted by molar-refractivity contribution is 5.98. The first kappa shape index (κ1) is 12.9. The minimum absolute atomic E-state index is 0.0189. The summed E-state index contributed by atoms with van der Waals surface area (Å²) in [7, 11) is 0. The summed E-state index contributed by atoms with van der Waals surface area (Å²) in [6, 6.07) is 0. The lowest BCUT2D eigenvalue weighted by Gasteiger charge is -2.49. The Morgan fingerprint density at radius 2 is 1.89 bits per heavy atom. The smallest absolute Gasteiger partial charge is 0.249 e. The molecule has 19 heavy (non-hydrogen) atoms. The fourth-order valence-corrected chi connectivity index (χ4v) is 3.63. The van der Waals surface area contributed by atoms with Gasteiger partial charge in [-0.1, -0.05) is 19.3 Å². The molecule has 2 aliphatic heterocycles. The van der Waals surface area contributed by atoms with Crippen molar-refractivity contribution in [2.75, 3.05) is 19.8 Å². The van der Waals surface area contributed by atoms with Crippen LogP contribution in [0.4, 0.5) is 0 Å². The molecule has 2 saturated heterocycles. The Kier molecular flexibility index (Phi) is 3.04. The molecule has 0 aromatic heterocycles. The Morgan fingerprint density at radius 1 is 1.16 bits per heavy atom. The van der Waals surface area contributed by atoms with Crippen LogP contribution >= 0.6 is 0 Å². The zero-order chi connectivity index (χ0) is 13.5. The van der Waals surface area contributed by atoms with Crippen LogP contribution in [0.5, 0.6) is 0 Å². The third kappa shape index (κ3) is 2.04. The lowest BCUT2D eigenvalue weighted by atomic mass is 9.78. The molecule has 2 amide bonds. The van der Waals surface area contributed by atoms with Crippen molar-refractivity contribution in [1.82, 2.24) is 10.2 Å². The van der Waals surface area contributed by atoms with Crippen LogP contribution in [0.1, 0.15) is 45.4 Å². The molecule has 106 valence electrons. The molecule has 0 bridgehead atoms. The van der Waals surface area contributed by atoms with Crippen LogP contribution in [0, 0.1) is 0 Å². The number of nitrogens with zero attached hydrogens (tertiary/aromatic N) is 1. The van der Waals surface area contributed by atoms with Gasteiger partial charge in [0.1, 0.15) is 12.1 Å². The molecule has 1 N–H and O–H groups in total. The average Bonchev–Trinajstić information content (AvgIpc) is 2.83. The second-order valence-corrected chi connectivity index (χ2v) is 6.38. The van der Waals surface area contributed by atoms with E-state index in [0.717, 1.165) is 38.5 Å². The topological polar surface area (TPSA) is 58.6 Å². The third-order valence-corrected chi connectivity index (χ3v) is 4.89. The lowest BCUT2D eigenvalue weighted by Crippen LogP contribution is -2.71. The molecule has 1 unspecified atom stereocenters. The Labute approximate surface area is 113 Å². The van der Waals surface area contributed by atoms with E-state index < -0.39 is 5.54 Å². The molecule has 5 nitrogen and oxygen atoms in total. The maximum absolute atomic E-state index is 12.9. The van der Waals surface area contributed by atoms with Crippen molar-refractivity contribution in [2.24, 2.45) is 0 Å². The maximum atomic E-state index is 12.9. The summed E-state index contributed by atoms with van der Waals surface area (Å²) in [6.07, 6.45) is 5.59. The minimum Gasteiger partial charge on any atom is -0.379 e. The quantitative estimate of drug-likeness (QED) is 0.764. The largest absolute Gasteiger partial charge is 0.379 e. The number of carbonyl (C=O) groups excluding carboxylic acids is 2. The van der Waals surface area contributed by atoms with Gasteiger partial charge in [-0.3, -0.25) is 9.59 Å². The van der Waals surface area contributed by atoms with E-state index in [0.29, 0.717) is 13.2 Å². The van der Waals surface area contributed by atoms with Crippen LogP contribution in [-0.2, 0) is 14.3 Å². The van der Waals surface area contributed by atoms with Gasteiger partial charge >= 0.3 is 0 Å². The van der Waals surface area contributed by atoms with Crippen LogP contribution in [0.15, 0.2) is 0 Å². The SMILES string of the molecule is CC1(N2CC(=O)NC3(CCCCC3)C2=O)CCOC1. The summed E-state index contributed by atoms with van der Waals surface area (Å²) >= 11 is 0. The van der Waals surface area contributed by atoms with E-state index in [1.165, 1.54) is 0 Å². The zero-order valence-electron chi connectivity index (χ0n) is 11.5. The summed E-state index contributed by atoms with van der Waals surface area (Å²) in [4.78, 5) is 26.7. The number of amides is 2. The zero-order valence-corrected chi connectivity index (χ0v) is 11.5. The Bertz CT molecular complexity index is 395. The molecule has 3 rings (SSSR count). The predicted molar refractivity (Wildman–Crippen MR) is 69.5 cm³/mol. The normalized spacial score (nSPS) is 34.7. The van der Waals surface area contributed by atoms with Gasteiger partial charge in [0.05, 0.1) is 12.1 Å². The van der Waals surface area contributed by atoms with E-state index in [1.54, 1.807) is 4.90 Å². The lowest BCUT2D eigenvalue weighted by molar-refractivity contribution is -0.158. The Balaban J connectivity index is 1.88. The summed E-state index contributed by atoms with van der Waals surface area (Å²) in [5, 5.41) is 2.98. The van der Waals surface area contributed by atoms with E-state index in [4.69, 9.17) is 4.74 Å². The number of carbonyl (C=O) groups is 2. The molecule has 1 saturated carbocycles. The van der Waals surface area contributed by atoms with Gasteiger partial charge < -0.3 is 15.0 Å². The molecule has 1 atom stereocenters. The van der Waals surface area contributed by atoms with Gasteiger partial charge in [0, 0.05) is 6.61 Å². The molecule has 0 aromatic rings. The van der Waals surface area contributed by atoms with Crippen molar-refractivity contribution in [3.63, 3.8) is 0 Å². The molecule has 0 radical (unpaired) electrons. The molecule has 3 fully saturated rings. The average molecular weight is 266 g/mol. The maximum Gasteiger partial charge on any atom is 0.249 e. The van der Waals surface area contributed by atoms with Crippen molar-refractivity contribution in [3.8, 4) is 0 Å². The van der Waals surface area contributed by atoms with Gasteiger partial charge in [-0.05, 0) is 26.2 Å². The molecule has 5 heteroatoms. The van der Waals surface area contributed by atoms with Gasteiger partial charge in [-0.2, -0.15) is 0 Å². The van der Waals surface area contributed by atoms with Crippen molar-refractivity contribution >= 4 is 11.8 Å². The van der Waals surface area contributed by atoms with Gasteiger partial charge in [0.2, 0.25) is 11.8 Å². The molecule has 0 aromatic carbocycles. The number of nitrogens with one attached hydrogen (secondary N) is 1. The molecule has 3 aliphatic rings. The van der Waals surface area contributed by atoms with Gasteiger partial charge in [0.25, 0.3) is 0 Å². The highest BCUT2D eigenvalue weighted by atomic mass is 16.5. The molecule has 1 spiro atoms. The molecular formula is C14H22N2O3. The highest BCUT2D eigenvalue weighted by Crippen LogP contribution is 2.36. The number of hydrogen-bond donors (Lipinski definition) is 1. The summed E-state index contributed by atoms with van der Waals surface area (Å²) in [6.45, 7) is 3.43. The summed E-state index contributed by atoms with van der Waals surface area (Å²) < 4.78 is 5.45. The van der Waals surface area contributed by atoms with Crippen LogP contribution in [0.2, 0.25) is 0 Å². The van der Waals surface area contributed by atoms with Gasteiger partial charge in [0.15, 0.2) is 0 Å². The number of rotatable bonds is 1. The van der Waals surface area contributed by atoms with E-state index in [1.807, 2.05) is 6.92 Å². The number of hydrogen-bond acceptors (Lipinski definition) is 3. The second-order valence-electron chi connectivity index (χ2n) is 6.38. The predicted octanol–water partition coefficient (Wildman–Crippen LogP) is 0.827. The summed E-state index contributed by atoms with van der Waals surface area (Å²) in [5.74, 6) is 0.0921. The van der Waals surface area contributed by atoms with Crippen molar-refractivity contribution < 1.29 is 14.3 Å². The van der Waals surface area contributed by atoms with E-state index in [2.05, 4.69) is 5.32 Å². The van der Waals surface area contributed by atoms with Gasteiger partial charge in [-0.15, -0.1) is 0 Å². The summed E-state index contributed by atoms with van der Waals surface area (Å²) in [5.41, 5.74) is -0.932. The van der Waals surface area contributed by atoms with Crippen LogP contribution in [-0.4, -0.2) is 47.6 Å². The van der Waals surface area contributed by atoms with E-state index in [9.17, 15) is 9.59 Å². The number of ether oxygens (including phenoxy) is 1. The standard InChI is InChI=1S/C14H22N2O3/c1-13(7-8-19-10-13)16-9-11(17)15-14(12(16)18)5-3-2-4-6-14/h2-10H2,1H3,(H,15,17).